The van der Waals surface area contributed by atoms with Gasteiger partial charge in [-0.3, -0.25) is 43.7 Å². The Morgan fingerprint density at radius 2 is 1.72 bits per heavy atom. The minimum Gasteiger partial charge on any atom is -0.494 e. The molecule has 1 aromatic heterocycles. The summed E-state index contributed by atoms with van der Waals surface area (Å²) < 4.78 is 7.67. The molecule has 17 nitrogen and oxygen atoms in total. The number of amides is 7. The van der Waals surface area contributed by atoms with Crippen molar-refractivity contribution in [2.45, 2.75) is 77.5 Å². The molecule has 4 N–H and O–H groups in total. The first-order chi connectivity index (χ1) is 28.1. The van der Waals surface area contributed by atoms with Gasteiger partial charge in [-0.1, -0.05) is 36.8 Å². The van der Waals surface area contributed by atoms with Crippen LogP contribution in [0.1, 0.15) is 94.2 Å². The molecule has 3 aromatic carbocycles. The number of ether oxygens (including phenoxy) is 1. The number of benzene rings is 3. The Balaban J connectivity index is 0.906. The average molecular weight is 794 g/mol. The van der Waals surface area contributed by atoms with E-state index in [2.05, 4.69) is 27.9 Å². The highest BCUT2D eigenvalue weighted by Gasteiger charge is 2.47. The van der Waals surface area contributed by atoms with Crippen molar-refractivity contribution in [1.29, 1.82) is 0 Å². The van der Waals surface area contributed by atoms with E-state index in [1.54, 1.807) is 69.7 Å². The number of hydrogen-bond donors (Lipinski definition) is 4. The minimum absolute atomic E-state index is 0.0745. The van der Waals surface area contributed by atoms with Gasteiger partial charge in [0.1, 0.15) is 17.5 Å². The van der Waals surface area contributed by atoms with Crippen molar-refractivity contribution in [2.24, 2.45) is 0 Å². The number of urea groups is 1. The number of anilines is 2. The number of likely N-dealkylation sites (N-methyl/N-ethyl adjacent to an activating group) is 1. The van der Waals surface area contributed by atoms with Gasteiger partial charge < -0.3 is 20.3 Å². The number of piperidine rings is 1. The normalized spacial score (nSPS) is 15.1. The highest BCUT2D eigenvalue weighted by molar-refractivity contribution is 6.25. The molecule has 4 aromatic rings. The molecule has 1 unspecified atom stereocenters. The summed E-state index contributed by atoms with van der Waals surface area (Å²) in [5, 5.41) is 23.4. The number of likely N-dealkylation sites (tertiary alicyclic amines) is 1. The number of hydroxylamine groups is 1. The number of carbonyl (C=O) groups is 6. The Bertz CT molecular complexity index is 2140. The summed E-state index contributed by atoms with van der Waals surface area (Å²) in [6.07, 6.45) is 6.32. The molecular formula is C41H47N9O8. The summed E-state index contributed by atoms with van der Waals surface area (Å²) >= 11 is 0. The van der Waals surface area contributed by atoms with E-state index in [1.807, 2.05) is 18.3 Å². The van der Waals surface area contributed by atoms with Crippen molar-refractivity contribution >= 4 is 46.9 Å². The summed E-state index contributed by atoms with van der Waals surface area (Å²) in [5.74, 6) is -1.94. The van der Waals surface area contributed by atoms with Gasteiger partial charge in [-0.15, -0.1) is 5.10 Å². The Morgan fingerprint density at radius 1 is 0.948 bits per heavy atom. The molecule has 2 aliphatic heterocycles. The molecule has 17 heteroatoms. The minimum atomic E-state index is -1.02. The van der Waals surface area contributed by atoms with Crippen molar-refractivity contribution in [1.82, 2.24) is 35.2 Å². The summed E-state index contributed by atoms with van der Waals surface area (Å²) in [7, 11) is 1.36. The Morgan fingerprint density at radius 3 is 2.47 bits per heavy atom. The van der Waals surface area contributed by atoms with E-state index in [4.69, 9.17) is 9.94 Å². The third kappa shape index (κ3) is 9.66. The van der Waals surface area contributed by atoms with Gasteiger partial charge in [0.05, 0.1) is 30.5 Å². The molecule has 2 aliphatic rings. The molecule has 1 fully saturated rings. The number of carbonyl (C=O) groups excluding carboxylic acids is 6. The molecule has 0 spiro atoms. The number of aryl methyl sites for hydroxylation is 1. The number of rotatable bonds is 18. The molecule has 0 bridgehead atoms. The number of hydrogen-bond acceptors (Lipinski definition) is 11. The first kappa shape index (κ1) is 41.0. The standard InChI is InChI=1S/C41H47N9O8/c1-3-4-21-48(25-27-11-13-28(14-12-27)37(52)45-57)41(56)43-29-15-17-31(18-16-29)58-23-7-5-6-22-49-26-30(44-46-49)24-42-33-10-8-9-32-36(33)40(55)50(38(32)53)34-19-20-35(51)47(2)39(34)54/h8-18,26,34,42,57H,3-7,19-25H2,1-2H3,(H,43,56)(H,45,52). The monoisotopic (exact) mass is 793 g/mol. The third-order valence-corrected chi connectivity index (χ3v) is 10.1. The smallest absolute Gasteiger partial charge is 0.322 e. The van der Waals surface area contributed by atoms with Crippen LogP contribution in [0.3, 0.4) is 0 Å². The van der Waals surface area contributed by atoms with Crippen LogP contribution in [-0.2, 0) is 29.2 Å². The van der Waals surface area contributed by atoms with Crippen LogP contribution in [0, 0.1) is 0 Å². The number of nitrogens with one attached hydrogen (secondary N) is 3. The van der Waals surface area contributed by atoms with E-state index in [0.29, 0.717) is 54.6 Å². The van der Waals surface area contributed by atoms with Gasteiger partial charge in [-0.25, -0.2) is 10.3 Å². The second-order valence-electron chi connectivity index (χ2n) is 14.2. The highest BCUT2D eigenvalue weighted by atomic mass is 16.5. The molecule has 0 aliphatic carbocycles. The van der Waals surface area contributed by atoms with Crippen molar-refractivity contribution in [3.05, 3.63) is 101 Å². The van der Waals surface area contributed by atoms with Crippen LogP contribution in [0.2, 0.25) is 0 Å². The van der Waals surface area contributed by atoms with Crippen LogP contribution in [0.5, 0.6) is 5.75 Å². The fraction of sp³-hybridized carbons (Fsp3) is 0.366. The predicted octanol–water partition coefficient (Wildman–Crippen LogP) is 4.84. The summed E-state index contributed by atoms with van der Waals surface area (Å²) in [6, 6.07) is 17.6. The lowest BCUT2D eigenvalue weighted by Gasteiger charge is -2.32. The van der Waals surface area contributed by atoms with Crippen molar-refractivity contribution in [3.8, 4) is 5.75 Å². The van der Waals surface area contributed by atoms with Crippen LogP contribution in [0.4, 0.5) is 16.2 Å². The zero-order valence-electron chi connectivity index (χ0n) is 32.5. The van der Waals surface area contributed by atoms with Crippen molar-refractivity contribution in [3.63, 3.8) is 0 Å². The topological polar surface area (TPSA) is 208 Å². The lowest BCUT2D eigenvalue weighted by atomic mass is 10.0. The van der Waals surface area contributed by atoms with Gasteiger partial charge in [-0.05, 0) is 86.2 Å². The van der Waals surface area contributed by atoms with Crippen LogP contribution in [0.15, 0.2) is 72.9 Å². The predicted molar refractivity (Wildman–Crippen MR) is 211 cm³/mol. The van der Waals surface area contributed by atoms with E-state index < -0.39 is 29.7 Å². The molecular weight excluding hydrogens is 747 g/mol. The van der Waals surface area contributed by atoms with Gasteiger partial charge in [-0.2, -0.15) is 0 Å². The largest absolute Gasteiger partial charge is 0.494 e. The molecule has 304 valence electrons. The van der Waals surface area contributed by atoms with E-state index in [9.17, 15) is 28.8 Å². The zero-order valence-corrected chi connectivity index (χ0v) is 32.5. The van der Waals surface area contributed by atoms with E-state index in [1.165, 1.54) is 7.05 Å². The molecule has 7 amide bonds. The fourth-order valence-corrected chi connectivity index (χ4v) is 6.81. The summed E-state index contributed by atoms with van der Waals surface area (Å²) in [4.78, 5) is 79.9. The number of imide groups is 2. The molecule has 1 atom stereocenters. The maximum absolute atomic E-state index is 13.5. The van der Waals surface area contributed by atoms with Crippen LogP contribution < -0.4 is 20.9 Å². The second kappa shape index (κ2) is 19.0. The molecule has 58 heavy (non-hydrogen) atoms. The Labute approximate surface area is 335 Å². The number of fused-ring (bicyclic) bond motifs is 1. The van der Waals surface area contributed by atoms with Gasteiger partial charge in [0.25, 0.3) is 23.6 Å². The molecule has 0 radical (unpaired) electrons. The van der Waals surface area contributed by atoms with E-state index in [-0.39, 0.29) is 42.5 Å². The molecule has 1 saturated heterocycles. The van der Waals surface area contributed by atoms with E-state index >= 15 is 0 Å². The van der Waals surface area contributed by atoms with Gasteiger partial charge in [0.15, 0.2) is 0 Å². The van der Waals surface area contributed by atoms with Crippen LogP contribution >= 0.6 is 0 Å². The Hall–Kier alpha value is -6.62. The quantitative estimate of drug-likeness (QED) is 0.0464. The Kier molecular flexibility index (Phi) is 13.4. The van der Waals surface area contributed by atoms with Crippen molar-refractivity contribution < 1.29 is 38.7 Å². The number of unbranched alkanes of at least 4 members (excludes halogenated alkanes) is 3. The van der Waals surface area contributed by atoms with Crippen LogP contribution in [-0.4, -0.2) is 96.7 Å². The summed E-state index contributed by atoms with van der Waals surface area (Å²) in [5.41, 5.74) is 4.91. The number of nitrogens with zero attached hydrogens (tertiary/aromatic N) is 6. The molecule has 3 heterocycles. The molecule has 6 rings (SSSR count). The zero-order chi connectivity index (χ0) is 41.2. The summed E-state index contributed by atoms with van der Waals surface area (Å²) in [6.45, 7) is 4.42. The fourth-order valence-electron chi connectivity index (χ4n) is 6.81. The van der Waals surface area contributed by atoms with E-state index in [0.717, 1.165) is 47.5 Å². The van der Waals surface area contributed by atoms with Gasteiger partial charge in [0.2, 0.25) is 5.91 Å². The molecule has 0 saturated carbocycles. The lowest BCUT2D eigenvalue weighted by Crippen LogP contribution is -2.54. The van der Waals surface area contributed by atoms with Crippen LogP contribution in [0.25, 0.3) is 0 Å². The van der Waals surface area contributed by atoms with Crippen molar-refractivity contribution in [2.75, 3.05) is 30.8 Å². The maximum atomic E-state index is 13.5. The maximum Gasteiger partial charge on any atom is 0.322 e. The highest BCUT2D eigenvalue weighted by Crippen LogP contribution is 2.33. The average Bonchev–Trinajstić information content (AvgIpc) is 3.80. The first-order valence-electron chi connectivity index (χ1n) is 19.3. The third-order valence-electron chi connectivity index (χ3n) is 10.1. The number of aromatic nitrogens is 3. The van der Waals surface area contributed by atoms with Gasteiger partial charge in [0, 0.05) is 50.0 Å². The van der Waals surface area contributed by atoms with Gasteiger partial charge >= 0.3 is 6.03 Å². The second-order valence-corrected chi connectivity index (χ2v) is 14.2. The lowest BCUT2D eigenvalue weighted by molar-refractivity contribution is -0.149. The first-order valence-corrected chi connectivity index (χ1v) is 19.3. The SMILES string of the molecule is CCCCN(Cc1ccc(C(=O)NO)cc1)C(=O)Nc1ccc(OCCCCCn2cc(CNc3cccc4c3C(=O)N(C3CCC(=O)N(C)C3=O)C4=O)nn2)cc1.